The monoisotopic (exact) mass is 588 g/mol. The standard InChI is InChI=1S/C16H25O5.3C4H9.Sn/c1-16-8-5-6-12(20-10-17-2)14(16)15(21-11-18-3)13(19-4)7-9-16;3*1-3-4-2;/h5-7,9,12-15H,4,8,10-11H2,1-3H3;3*1,3-4H2,2H3;/t12-,13-,14+,15+,16-;;;;/m1..../s1. The van der Waals surface area contributed by atoms with Gasteiger partial charge in [0.25, 0.3) is 0 Å². The SMILES string of the molecule is CCC[CH2][Sn]([CH2]CCC)([CH2]CCC)[CH2]O[C@@H]1C=C[C@@]2(C)CC=C[C@@H](OCOC)[C@H]2[C@H]1OCOC. The van der Waals surface area contributed by atoms with Crippen LogP contribution < -0.4 is 0 Å². The molecule has 0 N–H and O–H groups in total. The summed E-state index contributed by atoms with van der Waals surface area (Å²) in [5.41, 5.74) is -0.0293. The van der Waals surface area contributed by atoms with E-state index in [1.54, 1.807) is 14.2 Å². The average molecular weight is 587 g/mol. The molecule has 0 aromatic heterocycles. The third kappa shape index (κ3) is 8.58. The van der Waals surface area contributed by atoms with Crippen LogP contribution in [0.15, 0.2) is 24.3 Å². The van der Waals surface area contributed by atoms with Gasteiger partial charge in [-0.3, -0.25) is 0 Å². The van der Waals surface area contributed by atoms with E-state index in [4.69, 9.17) is 23.7 Å². The molecule has 0 unspecified atom stereocenters. The Hall–Kier alpha value is 0.0787. The summed E-state index contributed by atoms with van der Waals surface area (Å²) in [4.78, 5) is 0. The van der Waals surface area contributed by atoms with Crippen molar-refractivity contribution in [1.29, 1.82) is 0 Å². The Balaban J connectivity index is 2.26. The molecule has 0 amide bonds. The molecule has 0 heterocycles. The van der Waals surface area contributed by atoms with E-state index in [-0.39, 0.29) is 43.2 Å². The summed E-state index contributed by atoms with van der Waals surface area (Å²) in [7, 11) is 3.36. The zero-order valence-electron chi connectivity index (χ0n) is 22.9. The van der Waals surface area contributed by atoms with Gasteiger partial charge in [0, 0.05) is 0 Å². The van der Waals surface area contributed by atoms with Crippen molar-refractivity contribution in [3.8, 4) is 0 Å². The molecule has 2 rings (SSSR count). The number of rotatable bonds is 18. The van der Waals surface area contributed by atoms with E-state index < -0.39 is 18.4 Å². The van der Waals surface area contributed by atoms with Crippen LogP contribution in [-0.2, 0) is 23.7 Å². The number of methoxy groups -OCH3 is 2. The van der Waals surface area contributed by atoms with Crippen molar-refractivity contribution >= 4 is 18.4 Å². The van der Waals surface area contributed by atoms with Gasteiger partial charge in [0.1, 0.15) is 0 Å². The predicted octanol–water partition coefficient (Wildman–Crippen LogP) is 6.89. The van der Waals surface area contributed by atoms with Gasteiger partial charge in [-0.05, 0) is 0 Å². The zero-order valence-corrected chi connectivity index (χ0v) is 25.7. The second kappa shape index (κ2) is 16.0. The maximum atomic E-state index is 6.91. The summed E-state index contributed by atoms with van der Waals surface area (Å²) in [5.74, 6) is 0.157. The fraction of sp³-hybridized carbons (Fsp3) is 0.857. The normalized spacial score (nSPS) is 28.9. The number of fused-ring (bicyclic) bond motifs is 1. The molecule has 0 radical (unpaired) electrons. The molecule has 0 saturated carbocycles. The zero-order chi connectivity index (χ0) is 24.9. The Morgan fingerprint density at radius 3 is 1.94 bits per heavy atom. The van der Waals surface area contributed by atoms with Gasteiger partial charge in [-0.2, -0.15) is 0 Å². The van der Waals surface area contributed by atoms with Gasteiger partial charge in [0.15, 0.2) is 0 Å². The van der Waals surface area contributed by atoms with E-state index in [2.05, 4.69) is 52.0 Å². The van der Waals surface area contributed by atoms with Crippen LogP contribution in [0.4, 0.5) is 0 Å². The molecule has 198 valence electrons. The molecule has 0 spiro atoms. The van der Waals surface area contributed by atoms with Crippen molar-refractivity contribution in [2.45, 2.75) is 104 Å². The van der Waals surface area contributed by atoms with Crippen LogP contribution in [-0.4, -0.2) is 69.1 Å². The van der Waals surface area contributed by atoms with E-state index in [9.17, 15) is 0 Å². The summed E-state index contributed by atoms with van der Waals surface area (Å²) >= 11 is -2.41. The maximum absolute atomic E-state index is 6.91. The molecule has 0 aliphatic heterocycles. The van der Waals surface area contributed by atoms with Gasteiger partial charge in [-0.25, -0.2) is 0 Å². The van der Waals surface area contributed by atoms with Gasteiger partial charge in [-0.1, -0.05) is 0 Å². The fourth-order valence-corrected chi connectivity index (χ4v) is 20.2. The van der Waals surface area contributed by atoms with Crippen molar-refractivity contribution in [2.75, 3.05) is 32.4 Å². The Morgan fingerprint density at radius 2 is 1.38 bits per heavy atom. The van der Waals surface area contributed by atoms with Crippen molar-refractivity contribution in [3.05, 3.63) is 24.3 Å². The van der Waals surface area contributed by atoms with Crippen LogP contribution in [0.1, 0.15) is 72.6 Å². The van der Waals surface area contributed by atoms with Gasteiger partial charge >= 0.3 is 214 Å². The number of unbranched alkanes of at least 4 members (excludes halogenated alkanes) is 3. The summed E-state index contributed by atoms with van der Waals surface area (Å²) in [6, 6.07) is 0. The van der Waals surface area contributed by atoms with E-state index in [0.717, 1.165) is 11.0 Å². The number of ether oxygens (including phenoxy) is 5. The van der Waals surface area contributed by atoms with Gasteiger partial charge in [0.2, 0.25) is 0 Å². The molecule has 2 aliphatic carbocycles. The fourth-order valence-electron chi connectivity index (χ4n) is 5.78. The Bertz CT molecular complexity index is 588. The number of allylic oxidation sites excluding steroid dienone is 2. The Labute approximate surface area is 213 Å². The van der Waals surface area contributed by atoms with Crippen molar-refractivity contribution in [2.24, 2.45) is 11.3 Å². The van der Waals surface area contributed by atoms with Crippen molar-refractivity contribution < 1.29 is 23.7 Å². The summed E-state index contributed by atoms with van der Waals surface area (Å²) in [6.07, 6.45) is 17.7. The van der Waals surface area contributed by atoms with Crippen molar-refractivity contribution in [1.82, 2.24) is 0 Å². The molecule has 2 aliphatic rings. The molecule has 0 aromatic rings. The van der Waals surface area contributed by atoms with Crippen molar-refractivity contribution in [3.63, 3.8) is 0 Å². The number of hydrogen-bond donors (Lipinski definition) is 0. The summed E-state index contributed by atoms with van der Waals surface area (Å²) < 4.78 is 35.4. The molecule has 0 aromatic carbocycles. The molecule has 6 heteroatoms. The second-order valence-electron chi connectivity index (χ2n) is 10.7. The molecular weight excluding hydrogens is 535 g/mol. The number of hydrogen-bond acceptors (Lipinski definition) is 5. The second-order valence-corrected chi connectivity index (χ2v) is 24.4. The van der Waals surface area contributed by atoms with Crippen LogP contribution in [0.3, 0.4) is 0 Å². The molecule has 5 atom stereocenters. The van der Waals surface area contributed by atoms with Gasteiger partial charge in [0.05, 0.1) is 0 Å². The minimum atomic E-state index is -2.41. The summed E-state index contributed by atoms with van der Waals surface area (Å²) in [5, 5.41) is 0. The van der Waals surface area contributed by atoms with E-state index in [1.807, 2.05) is 0 Å². The first-order valence-electron chi connectivity index (χ1n) is 13.7. The molecule has 0 saturated heterocycles. The summed E-state index contributed by atoms with van der Waals surface area (Å²) in [6.45, 7) is 9.83. The Morgan fingerprint density at radius 1 is 0.794 bits per heavy atom. The van der Waals surface area contributed by atoms with Gasteiger partial charge in [-0.15, -0.1) is 0 Å². The first-order chi connectivity index (χ1) is 16.5. The molecule has 5 nitrogen and oxygen atoms in total. The molecular formula is C28H52O5Sn. The third-order valence-corrected chi connectivity index (χ3v) is 22.2. The van der Waals surface area contributed by atoms with Crippen LogP contribution in [0.5, 0.6) is 0 Å². The molecule has 34 heavy (non-hydrogen) atoms. The molecule has 0 bridgehead atoms. The van der Waals surface area contributed by atoms with E-state index in [1.165, 1.54) is 51.8 Å². The van der Waals surface area contributed by atoms with Gasteiger partial charge < -0.3 is 0 Å². The quantitative estimate of drug-likeness (QED) is 0.0994. The molecule has 0 fully saturated rings. The van der Waals surface area contributed by atoms with E-state index >= 15 is 0 Å². The first-order valence-corrected chi connectivity index (χ1v) is 21.7. The predicted molar refractivity (Wildman–Crippen MR) is 143 cm³/mol. The Kier molecular flexibility index (Phi) is 14.3. The first kappa shape index (κ1) is 30.3. The topological polar surface area (TPSA) is 46.2 Å². The van der Waals surface area contributed by atoms with Crippen LogP contribution >= 0.6 is 0 Å². The third-order valence-electron chi connectivity index (χ3n) is 7.86. The van der Waals surface area contributed by atoms with Crippen LogP contribution in [0.25, 0.3) is 0 Å². The van der Waals surface area contributed by atoms with Crippen LogP contribution in [0, 0.1) is 11.3 Å². The average Bonchev–Trinajstić information content (AvgIpc) is 2.85. The minimum absolute atomic E-state index is 0.0293. The van der Waals surface area contributed by atoms with Crippen LogP contribution in [0.2, 0.25) is 13.3 Å². The van der Waals surface area contributed by atoms with E-state index in [0.29, 0.717) is 0 Å².